The summed E-state index contributed by atoms with van der Waals surface area (Å²) >= 11 is 0. The van der Waals surface area contributed by atoms with E-state index in [0.29, 0.717) is 0 Å². The second-order valence-corrected chi connectivity index (χ2v) is 3.77. The zero-order valence-corrected chi connectivity index (χ0v) is 9.58. The smallest absolute Gasteiger partial charge is 0.352 e. The van der Waals surface area contributed by atoms with Gasteiger partial charge in [0.05, 0.1) is 0 Å². The largest absolute Gasteiger partial charge is 0.435 e. The lowest BCUT2D eigenvalue weighted by molar-refractivity contribution is -0.141. The molecule has 4 nitrogen and oxygen atoms in total. The molecule has 0 saturated heterocycles. The number of nitrogens with one attached hydrogen (secondary N) is 1. The molecule has 0 fully saturated rings. The van der Waals surface area contributed by atoms with Gasteiger partial charge in [0.2, 0.25) is 5.91 Å². The molecule has 17 heavy (non-hydrogen) atoms. The van der Waals surface area contributed by atoms with Gasteiger partial charge in [-0.1, -0.05) is 6.92 Å². The maximum Gasteiger partial charge on any atom is 0.435 e. The summed E-state index contributed by atoms with van der Waals surface area (Å²) in [6.45, 7) is 3.52. The third-order valence-electron chi connectivity index (χ3n) is 2.26. The molecule has 1 amide bonds. The Hall–Kier alpha value is -1.53. The van der Waals surface area contributed by atoms with Crippen LogP contribution in [0.15, 0.2) is 12.3 Å². The molecule has 0 bridgehead atoms. The minimum absolute atomic E-state index is 0.000138. The Balaban J connectivity index is 2.58. The van der Waals surface area contributed by atoms with Gasteiger partial charge in [0.25, 0.3) is 0 Å². The first-order valence-corrected chi connectivity index (χ1v) is 5.23. The van der Waals surface area contributed by atoms with E-state index in [1.165, 1.54) is 0 Å². The number of hydrogen-bond donors (Lipinski definition) is 1. The average molecular weight is 249 g/mol. The first-order chi connectivity index (χ1) is 7.82. The lowest BCUT2D eigenvalue weighted by Crippen LogP contribution is -2.34. The van der Waals surface area contributed by atoms with Gasteiger partial charge in [-0.05, 0) is 19.4 Å². The number of rotatable bonds is 4. The number of nitrogens with zero attached hydrogens (tertiary/aromatic N) is 2. The van der Waals surface area contributed by atoms with E-state index in [9.17, 15) is 18.0 Å². The van der Waals surface area contributed by atoms with Crippen LogP contribution in [-0.2, 0) is 17.5 Å². The first kappa shape index (κ1) is 13.5. The summed E-state index contributed by atoms with van der Waals surface area (Å²) in [4.78, 5) is 11.4. The molecule has 1 N–H and O–H groups in total. The lowest BCUT2D eigenvalue weighted by Gasteiger charge is -2.11. The van der Waals surface area contributed by atoms with Crippen molar-refractivity contribution in [1.29, 1.82) is 0 Å². The standard InChI is InChI=1S/C10H14F3N3O/c1-3-7(2)14-9(17)6-16-5-4-8(15-16)10(11,12)13/h4-5,7H,3,6H2,1-2H3,(H,14,17). The van der Waals surface area contributed by atoms with E-state index in [2.05, 4.69) is 10.4 Å². The van der Waals surface area contributed by atoms with Gasteiger partial charge in [-0.3, -0.25) is 9.48 Å². The normalized spacial score (nSPS) is 13.5. The summed E-state index contributed by atoms with van der Waals surface area (Å²) in [5.41, 5.74) is -0.992. The predicted octanol–water partition coefficient (Wildman–Crippen LogP) is 1.82. The lowest BCUT2D eigenvalue weighted by atomic mass is 10.2. The summed E-state index contributed by atoms with van der Waals surface area (Å²) in [6.07, 6.45) is -2.57. The Morgan fingerprint density at radius 1 is 1.59 bits per heavy atom. The number of amides is 1. The molecule has 96 valence electrons. The van der Waals surface area contributed by atoms with Crippen LogP contribution in [0.3, 0.4) is 0 Å². The quantitative estimate of drug-likeness (QED) is 0.884. The maximum absolute atomic E-state index is 12.2. The van der Waals surface area contributed by atoms with Gasteiger partial charge in [-0.25, -0.2) is 0 Å². The summed E-state index contributed by atoms with van der Waals surface area (Å²) in [5, 5.41) is 5.93. The van der Waals surface area contributed by atoms with E-state index in [1.54, 1.807) is 0 Å². The minimum Gasteiger partial charge on any atom is -0.352 e. The van der Waals surface area contributed by atoms with Crippen LogP contribution in [0.4, 0.5) is 13.2 Å². The summed E-state index contributed by atoms with van der Waals surface area (Å²) in [7, 11) is 0. The Kier molecular flexibility index (Phi) is 4.14. The van der Waals surface area contributed by atoms with Crippen molar-refractivity contribution in [2.45, 2.75) is 39.0 Å². The highest BCUT2D eigenvalue weighted by Gasteiger charge is 2.33. The monoisotopic (exact) mass is 249 g/mol. The molecule has 0 aliphatic rings. The van der Waals surface area contributed by atoms with Crippen LogP contribution in [0.1, 0.15) is 26.0 Å². The van der Waals surface area contributed by atoms with E-state index < -0.39 is 11.9 Å². The van der Waals surface area contributed by atoms with Crippen LogP contribution >= 0.6 is 0 Å². The molecule has 7 heteroatoms. The molecule has 1 aromatic heterocycles. The number of carbonyl (C=O) groups is 1. The second-order valence-electron chi connectivity index (χ2n) is 3.77. The molecular weight excluding hydrogens is 235 g/mol. The Morgan fingerprint density at radius 2 is 2.24 bits per heavy atom. The fraction of sp³-hybridized carbons (Fsp3) is 0.600. The highest BCUT2D eigenvalue weighted by atomic mass is 19.4. The Bertz CT molecular complexity index is 386. The van der Waals surface area contributed by atoms with Gasteiger partial charge in [0.1, 0.15) is 6.54 Å². The molecule has 1 unspecified atom stereocenters. The SMILES string of the molecule is CCC(C)NC(=O)Cn1ccc(C(F)(F)F)n1. The Labute approximate surface area is 96.8 Å². The van der Waals surface area contributed by atoms with Gasteiger partial charge in [0, 0.05) is 12.2 Å². The highest BCUT2D eigenvalue weighted by Crippen LogP contribution is 2.27. The molecule has 1 atom stereocenters. The summed E-state index contributed by atoms with van der Waals surface area (Å²) in [6, 6.07) is 0.844. The average Bonchev–Trinajstić information content (AvgIpc) is 2.65. The van der Waals surface area contributed by atoms with Crippen molar-refractivity contribution in [2.24, 2.45) is 0 Å². The van der Waals surface area contributed by atoms with E-state index >= 15 is 0 Å². The maximum atomic E-state index is 12.2. The molecule has 1 rings (SSSR count). The van der Waals surface area contributed by atoms with Gasteiger partial charge in [-0.2, -0.15) is 18.3 Å². The molecule has 0 spiro atoms. The number of carbonyl (C=O) groups excluding carboxylic acids is 1. The zero-order valence-electron chi connectivity index (χ0n) is 9.58. The van der Waals surface area contributed by atoms with Crippen molar-refractivity contribution in [3.8, 4) is 0 Å². The van der Waals surface area contributed by atoms with Crippen molar-refractivity contribution in [2.75, 3.05) is 0 Å². The van der Waals surface area contributed by atoms with E-state index in [4.69, 9.17) is 0 Å². The first-order valence-electron chi connectivity index (χ1n) is 5.23. The Morgan fingerprint density at radius 3 is 2.71 bits per heavy atom. The number of hydrogen-bond acceptors (Lipinski definition) is 2. The van der Waals surface area contributed by atoms with Gasteiger partial charge < -0.3 is 5.32 Å². The number of alkyl halides is 3. The van der Waals surface area contributed by atoms with Gasteiger partial charge in [-0.15, -0.1) is 0 Å². The van der Waals surface area contributed by atoms with Crippen LogP contribution < -0.4 is 5.32 Å². The van der Waals surface area contributed by atoms with Gasteiger partial charge >= 0.3 is 6.18 Å². The molecular formula is C10H14F3N3O. The van der Waals surface area contributed by atoms with Crippen molar-refractivity contribution < 1.29 is 18.0 Å². The van der Waals surface area contributed by atoms with Crippen LogP contribution in [0, 0.1) is 0 Å². The topological polar surface area (TPSA) is 46.9 Å². The van der Waals surface area contributed by atoms with E-state index in [1.807, 2.05) is 13.8 Å². The summed E-state index contributed by atoms with van der Waals surface area (Å²) < 4.78 is 37.7. The molecule has 0 radical (unpaired) electrons. The van der Waals surface area contributed by atoms with Crippen molar-refractivity contribution in [1.82, 2.24) is 15.1 Å². The van der Waals surface area contributed by atoms with Crippen LogP contribution in [0.2, 0.25) is 0 Å². The number of halogens is 3. The summed E-state index contributed by atoms with van der Waals surface area (Å²) in [5.74, 6) is -0.351. The third-order valence-corrected chi connectivity index (χ3v) is 2.26. The molecule has 0 aromatic carbocycles. The molecule has 1 heterocycles. The van der Waals surface area contributed by atoms with Gasteiger partial charge in [0.15, 0.2) is 5.69 Å². The predicted molar refractivity (Wildman–Crippen MR) is 55.1 cm³/mol. The van der Waals surface area contributed by atoms with Crippen LogP contribution in [-0.4, -0.2) is 21.7 Å². The number of aromatic nitrogens is 2. The second kappa shape index (κ2) is 5.20. The van der Waals surface area contributed by atoms with Crippen molar-refractivity contribution in [3.63, 3.8) is 0 Å². The molecule has 0 aliphatic carbocycles. The van der Waals surface area contributed by atoms with Crippen molar-refractivity contribution in [3.05, 3.63) is 18.0 Å². The fourth-order valence-corrected chi connectivity index (χ4v) is 1.17. The van der Waals surface area contributed by atoms with E-state index in [0.717, 1.165) is 23.4 Å². The fourth-order valence-electron chi connectivity index (χ4n) is 1.17. The van der Waals surface area contributed by atoms with Crippen LogP contribution in [0.5, 0.6) is 0 Å². The molecule has 0 saturated carbocycles. The molecule has 0 aliphatic heterocycles. The van der Waals surface area contributed by atoms with Crippen LogP contribution in [0.25, 0.3) is 0 Å². The van der Waals surface area contributed by atoms with E-state index in [-0.39, 0.29) is 18.5 Å². The zero-order chi connectivity index (χ0) is 13.1. The highest BCUT2D eigenvalue weighted by molar-refractivity contribution is 5.75. The minimum atomic E-state index is -4.47. The molecule has 1 aromatic rings. The third kappa shape index (κ3) is 4.08. The van der Waals surface area contributed by atoms with Crippen molar-refractivity contribution >= 4 is 5.91 Å².